The summed E-state index contributed by atoms with van der Waals surface area (Å²) in [6, 6.07) is 3.96. The third-order valence-electron chi connectivity index (χ3n) is 2.04. The summed E-state index contributed by atoms with van der Waals surface area (Å²) in [5.41, 5.74) is 0.228. The summed E-state index contributed by atoms with van der Waals surface area (Å²) in [4.78, 5) is 21.2. The van der Waals surface area contributed by atoms with E-state index in [1.165, 1.54) is 22.9 Å². The zero-order valence-corrected chi connectivity index (χ0v) is 11.2. The molecule has 1 N–H and O–H groups in total. The Bertz CT molecular complexity index is 615. The van der Waals surface area contributed by atoms with Crippen LogP contribution in [0.25, 0.3) is 0 Å². The number of hydrogen-bond acceptors (Lipinski definition) is 6. The topological polar surface area (TPSA) is 116 Å². The number of carbonyl (C=O) groups excluding carboxylic acids is 1. The van der Waals surface area contributed by atoms with Crippen LogP contribution in [0.4, 0.5) is 10.5 Å². The number of rotatable bonds is 4. The molecule has 0 aliphatic carbocycles. The van der Waals surface area contributed by atoms with E-state index in [-0.39, 0.29) is 5.75 Å². The number of aryl methyl sites for hydroxylation is 1. The fourth-order valence-electron chi connectivity index (χ4n) is 1.23. The smallest absolute Gasteiger partial charge is 0.402 e. The number of nitro groups is 1. The second kappa shape index (κ2) is 5.85. The molecule has 1 aromatic carbocycles. The SMILES string of the molecule is CCc1ccc(OC(=O)NS(=O)(=O)Cl)c([N+](=O)[O-])c1. The van der Waals surface area contributed by atoms with Crippen LogP contribution < -0.4 is 9.46 Å². The van der Waals surface area contributed by atoms with Crippen LogP contribution >= 0.6 is 10.7 Å². The first kappa shape index (κ1) is 15.2. The van der Waals surface area contributed by atoms with Crippen LogP contribution in [-0.4, -0.2) is 19.4 Å². The molecule has 0 bridgehead atoms. The molecular formula is C9H9ClN2O6S. The molecule has 0 saturated carbocycles. The Morgan fingerprint density at radius 1 is 1.53 bits per heavy atom. The van der Waals surface area contributed by atoms with Crippen LogP contribution in [0, 0.1) is 10.1 Å². The van der Waals surface area contributed by atoms with Crippen LogP contribution in [0.1, 0.15) is 12.5 Å². The van der Waals surface area contributed by atoms with E-state index in [0.717, 1.165) is 0 Å². The lowest BCUT2D eigenvalue weighted by molar-refractivity contribution is -0.385. The van der Waals surface area contributed by atoms with Crippen LogP contribution in [0.5, 0.6) is 5.75 Å². The first-order chi connectivity index (χ1) is 8.73. The van der Waals surface area contributed by atoms with Gasteiger partial charge in [-0.25, -0.2) is 9.52 Å². The largest absolute Gasteiger partial charge is 0.427 e. The number of nitrogens with zero attached hydrogens (tertiary/aromatic N) is 1. The summed E-state index contributed by atoms with van der Waals surface area (Å²) >= 11 is 0. The molecule has 19 heavy (non-hydrogen) atoms. The molecule has 104 valence electrons. The lowest BCUT2D eigenvalue weighted by Crippen LogP contribution is -2.29. The normalized spacial score (nSPS) is 10.8. The molecule has 0 aliphatic rings. The van der Waals surface area contributed by atoms with Crippen molar-refractivity contribution in [1.29, 1.82) is 0 Å². The van der Waals surface area contributed by atoms with E-state index in [0.29, 0.717) is 12.0 Å². The zero-order valence-electron chi connectivity index (χ0n) is 9.62. The third-order valence-corrected chi connectivity index (χ3v) is 2.68. The summed E-state index contributed by atoms with van der Waals surface area (Å²) < 4.78 is 27.0. The first-order valence-electron chi connectivity index (χ1n) is 4.94. The van der Waals surface area contributed by atoms with Crippen molar-refractivity contribution in [2.75, 3.05) is 0 Å². The molecular weight excluding hydrogens is 300 g/mol. The Morgan fingerprint density at radius 2 is 2.16 bits per heavy atom. The molecule has 10 heteroatoms. The highest BCUT2D eigenvalue weighted by molar-refractivity contribution is 8.12. The van der Waals surface area contributed by atoms with E-state index < -0.39 is 25.9 Å². The second-order valence-electron chi connectivity index (χ2n) is 3.34. The maximum Gasteiger partial charge on any atom is 0.427 e. The standard InChI is InChI=1S/C9H9ClN2O6S/c1-2-6-3-4-8(7(5-6)12(14)15)18-9(13)11-19(10,16)17/h3-5H,2H2,1H3,(H,11,13). The average molecular weight is 309 g/mol. The van der Waals surface area contributed by atoms with Crippen molar-refractivity contribution in [3.05, 3.63) is 33.9 Å². The lowest BCUT2D eigenvalue weighted by atomic mass is 10.1. The van der Waals surface area contributed by atoms with Gasteiger partial charge in [0.1, 0.15) is 0 Å². The van der Waals surface area contributed by atoms with Gasteiger partial charge in [-0.1, -0.05) is 13.0 Å². The van der Waals surface area contributed by atoms with Crippen molar-refractivity contribution in [2.45, 2.75) is 13.3 Å². The number of benzene rings is 1. The Balaban J connectivity index is 3.01. The highest BCUT2D eigenvalue weighted by atomic mass is 35.7. The molecule has 0 heterocycles. The minimum absolute atomic E-state index is 0.375. The fourth-order valence-corrected chi connectivity index (χ4v) is 1.66. The number of ether oxygens (including phenoxy) is 1. The predicted octanol–water partition coefficient (Wildman–Crippen LogP) is 1.73. The molecule has 0 fully saturated rings. The number of nitrogens with one attached hydrogen (secondary N) is 1. The molecule has 1 rings (SSSR count). The molecule has 0 saturated heterocycles. The number of amides is 1. The van der Waals surface area contributed by atoms with Gasteiger partial charge in [0.05, 0.1) is 4.92 Å². The van der Waals surface area contributed by atoms with Crippen LogP contribution in [0.15, 0.2) is 18.2 Å². The van der Waals surface area contributed by atoms with E-state index in [4.69, 9.17) is 10.7 Å². The van der Waals surface area contributed by atoms with E-state index >= 15 is 0 Å². The van der Waals surface area contributed by atoms with E-state index in [2.05, 4.69) is 4.74 Å². The monoisotopic (exact) mass is 308 g/mol. The van der Waals surface area contributed by atoms with Crippen LogP contribution in [0.2, 0.25) is 0 Å². The van der Waals surface area contributed by atoms with Gasteiger partial charge in [0.2, 0.25) is 5.75 Å². The van der Waals surface area contributed by atoms with Crippen molar-refractivity contribution < 1.29 is 22.9 Å². The van der Waals surface area contributed by atoms with Gasteiger partial charge in [-0.3, -0.25) is 10.1 Å². The number of hydrogen-bond donors (Lipinski definition) is 1. The summed E-state index contributed by atoms with van der Waals surface area (Å²) in [6.07, 6.45) is -0.869. The second-order valence-corrected chi connectivity index (χ2v) is 5.64. The van der Waals surface area contributed by atoms with Gasteiger partial charge < -0.3 is 4.74 Å². The highest BCUT2D eigenvalue weighted by Gasteiger charge is 2.20. The summed E-state index contributed by atoms with van der Waals surface area (Å²) in [6.45, 7) is 1.80. The van der Waals surface area contributed by atoms with Crippen LogP contribution in [-0.2, 0) is 15.7 Å². The molecule has 1 aromatic rings. The van der Waals surface area contributed by atoms with Gasteiger partial charge in [-0.2, -0.15) is 8.42 Å². The Labute approximate surface area is 113 Å². The zero-order chi connectivity index (χ0) is 14.6. The van der Waals surface area contributed by atoms with Crippen molar-refractivity contribution in [2.24, 2.45) is 0 Å². The van der Waals surface area contributed by atoms with Crippen molar-refractivity contribution in [3.8, 4) is 5.75 Å². The number of carbonyl (C=O) groups is 1. The van der Waals surface area contributed by atoms with E-state index in [9.17, 15) is 23.3 Å². The van der Waals surface area contributed by atoms with Gasteiger partial charge in [0, 0.05) is 16.7 Å². The molecule has 0 atom stereocenters. The average Bonchev–Trinajstić information content (AvgIpc) is 2.26. The molecule has 1 amide bonds. The van der Waals surface area contributed by atoms with Crippen molar-refractivity contribution in [3.63, 3.8) is 0 Å². The minimum atomic E-state index is -4.31. The Kier molecular flexibility index (Phi) is 4.67. The highest BCUT2D eigenvalue weighted by Crippen LogP contribution is 2.28. The van der Waals surface area contributed by atoms with E-state index in [1.54, 1.807) is 6.92 Å². The van der Waals surface area contributed by atoms with Crippen molar-refractivity contribution >= 4 is 31.7 Å². The quantitative estimate of drug-likeness (QED) is 0.514. The lowest BCUT2D eigenvalue weighted by Gasteiger charge is -2.06. The Morgan fingerprint density at radius 3 is 2.63 bits per heavy atom. The maximum absolute atomic E-state index is 11.1. The molecule has 0 aliphatic heterocycles. The minimum Gasteiger partial charge on any atom is -0.402 e. The van der Waals surface area contributed by atoms with Gasteiger partial charge in [-0.15, -0.1) is 0 Å². The molecule has 8 nitrogen and oxygen atoms in total. The van der Waals surface area contributed by atoms with Gasteiger partial charge >= 0.3 is 21.0 Å². The van der Waals surface area contributed by atoms with Gasteiger partial charge in [0.25, 0.3) is 0 Å². The molecule has 0 radical (unpaired) electrons. The fraction of sp³-hybridized carbons (Fsp3) is 0.222. The summed E-state index contributed by atoms with van der Waals surface area (Å²) in [5.74, 6) is -0.375. The van der Waals surface area contributed by atoms with E-state index in [1.807, 2.05) is 0 Å². The Hall–Kier alpha value is -1.87. The maximum atomic E-state index is 11.1. The van der Waals surface area contributed by atoms with Crippen LogP contribution in [0.3, 0.4) is 0 Å². The predicted molar refractivity (Wildman–Crippen MR) is 66.4 cm³/mol. The summed E-state index contributed by atoms with van der Waals surface area (Å²) in [7, 11) is 0.459. The van der Waals surface area contributed by atoms with Crippen molar-refractivity contribution in [1.82, 2.24) is 4.72 Å². The van der Waals surface area contributed by atoms with Gasteiger partial charge in [0.15, 0.2) is 0 Å². The molecule has 0 unspecified atom stereocenters. The molecule has 0 spiro atoms. The number of nitro benzene ring substituents is 1. The number of halogens is 1. The summed E-state index contributed by atoms with van der Waals surface area (Å²) in [5, 5.41) is 10.8. The molecule has 0 aromatic heterocycles. The van der Waals surface area contributed by atoms with Gasteiger partial charge in [-0.05, 0) is 18.1 Å². The third kappa shape index (κ3) is 4.72. The first-order valence-corrected chi connectivity index (χ1v) is 7.25.